The largest absolute Gasteiger partial charge is 0.369 e. The molecule has 0 aliphatic heterocycles. The first-order valence-corrected chi connectivity index (χ1v) is 14.0. The summed E-state index contributed by atoms with van der Waals surface area (Å²) >= 11 is 6.05. The van der Waals surface area contributed by atoms with E-state index in [-0.39, 0.29) is 22.1 Å². The van der Waals surface area contributed by atoms with Crippen molar-refractivity contribution in [2.75, 3.05) is 0 Å². The molecule has 2 aromatic rings. The van der Waals surface area contributed by atoms with Crippen molar-refractivity contribution in [2.24, 2.45) is 44.7 Å². The smallest absolute Gasteiger partial charge is 0.238 e. The third kappa shape index (κ3) is 3.53. The Kier molecular flexibility index (Phi) is 5.85. The molecule has 190 valence electrons. The molecule has 6 N–H and O–H groups in total. The molecule has 3 aliphatic carbocycles. The van der Waals surface area contributed by atoms with Gasteiger partial charge in [0.25, 0.3) is 0 Å². The van der Waals surface area contributed by atoms with Crippen LogP contribution in [0.25, 0.3) is 0 Å². The van der Waals surface area contributed by atoms with Gasteiger partial charge in [0.1, 0.15) is 0 Å². The van der Waals surface area contributed by atoms with Gasteiger partial charge in [-0.1, -0.05) is 48.0 Å². The van der Waals surface area contributed by atoms with Crippen molar-refractivity contribution in [3.8, 4) is 0 Å². The minimum absolute atomic E-state index is 0.0186. The number of benzene rings is 2. The summed E-state index contributed by atoms with van der Waals surface area (Å²) in [6.45, 7) is 0. The second-order valence-corrected chi connectivity index (χ2v) is 12.6. The van der Waals surface area contributed by atoms with Crippen molar-refractivity contribution in [3.05, 3.63) is 76.8 Å². The molecule has 2 fully saturated rings. The van der Waals surface area contributed by atoms with E-state index in [4.69, 9.17) is 28.2 Å². The minimum Gasteiger partial charge on any atom is -0.369 e. The van der Waals surface area contributed by atoms with Gasteiger partial charge in [-0.05, 0) is 91.2 Å². The highest BCUT2D eigenvalue weighted by atomic mass is 35.5. The number of nitrogens with two attached hydrogens (primary N) is 3. The van der Waals surface area contributed by atoms with Crippen LogP contribution < -0.4 is 16.6 Å². The molecule has 9 heteroatoms. The predicted octanol–water partition coefficient (Wildman–Crippen LogP) is 3.09. The van der Waals surface area contributed by atoms with Crippen LogP contribution in [0.3, 0.4) is 0 Å². The summed E-state index contributed by atoms with van der Waals surface area (Å²) in [5.41, 5.74) is 11.9. The lowest BCUT2D eigenvalue weighted by Crippen LogP contribution is -2.59. The van der Waals surface area contributed by atoms with Crippen LogP contribution in [-0.2, 0) is 32.5 Å². The lowest BCUT2D eigenvalue weighted by molar-refractivity contribution is -0.152. The second kappa shape index (κ2) is 8.43. The Hall–Kier alpha value is -2.68. The van der Waals surface area contributed by atoms with Crippen molar-refractivity contribution in [2.45, 2.75) is 43.4 Å². The molecule has 36 heavy (non-hydrogen) atoms. The first-order chi connectivity index (χ1) is 17.0. The monoisotopic (exact) mass is 527 g/mol. The highest BCUT2D eigenvalue weighted by Gasteiger charge is 2.81. The molecule has 0 saturated heterocycles. The molecule has 0 unspecified atom stereocenters. The first-order valence-electron chi connectivity index (χ1n) is 12.1. The molecule has 7 nitrogen and oxygen atoms in total. The summed E-state index contributed by atoms with van der Waals surface area (Å²) in [4.78, 5) is 27.0. The van der Waals surface area contributed by atoms with E-state index < -0.39 is 32.7 Å². The lowest BCUT2D eigenvalue weighted by atomic mass is 9.53. The number of rotatable bonds is 9. The van der Waals surface area contributed by atoms with Crippen LogP contribution in [0.1, 0.15) is 36.8 Å². The molecular formula is C27H30ClN3O4S. The van der Waals surface area contributed by atoms with Gasteiger partial charge in [-0.15, -0.1) is 0 Å². The van der Waals surface area contributed by atoms with Crippen molar-refractivity contribution < 1.29 is 18.0 Å². The molecule has 5 rings (SSSR count). The van der Waals surface area contributed by atoms with Gasteiger partial charge in [0, 0.05) is 5.02 Å². The molecule has 2 saturated carbocycles. The molecule has 4 atom stereocenters. The van der Waals surface area contributed by atoms with Crippen LogP contribution >= 0.6 is 11.6 Å². The number of primary sulfonamides is 1. The molecule has 2 amide bonds. The van der Waals surface area contributed by atoms with Crippen molar-refractivity contribution >= 4 is 33.4 Å². The molecule has 0 heterocycles. The Balaban J connectivity index is 1.54. The number of halogens is 1. The van der Waals surface area contributed by atoms with Gasteiger partial charge in [0.15, 0.2) is 0 Å². The zero-order valence-corrected chi connectivity index (χ0v) is 21.4. The fraction of sp³-hybridized carbons (Fsp3) is 0.407. The average Bonchev–Trinajstić information content (AvgIpc) is 3.49. The second-order valence-electron chi connectivity index (χ2n) is 10.6. The van der Waals surface area contributed by atoms with Crippen molar-refractivity contribution in [1.29, 1.82) is 0 Å². The van der Waals surface area contributed by atoms with Gasteiger partial charge in [0.2, 0.25) is 21.8 Å². The normalized spacial score (nSPS) is 29.5. The summed E-state index contributed by atoms with van der Waals surface area (Å²) in [7, 11) is -3.81. The van der Waals surface area contributed by atoms with Gasteiger partial charge >= 0.3 is 0 Å². The maximum atomic E-state index is 13.5. The van der Waals surface area contributed by atoms with E-state index in [2.05, 4.69) is 12.2 Å². The average molecular weight is 528 g/mol. The maximum Gasteiger partial charge on any atom is 0.238 e. The molecule has 0 aromatic heterocycles. The zero-order valence-electron chi connectivity index (χ0n) is 19.8. The zero-order chi connectivity index (χ0) is 25.9. The van der Waals surface area contributed by atoms with E-state index in [1.165, 1.54) is 12.1 Å². The Morgan fingerprint density at radius 2 is 1.22 bits per heavy atom. The molecule has 2 aromatic carbocycles. The van der Waals surface area contributed by atoms with Crippen LogP contribution in [-0.4, -0.2) is 20.2 Å². The molecule has 3 aliphatic rings. The number of carbonyl (C=O) groups excluding carboxylic acids is 2. The Labute approximate surface area is 216 Å². The van der Waals surface area contributed by atoms with E-state index in [1.807, 2.05) is 24.3 Å². The number of sulfonamides is 1. The summed E-state index contributed by atoms with van der Waals surface area (Å²) in [5.74, 6) is -1.28. The number of amides is 2. The van der Waals surface area contributed by atoms with Crippen LogP contribution in [0.15, 0.2) is 65.6 Å². The molecule has 1 spiro atoms. The van der Waals surface area contributed by atoms with E-state index in [0.29, 0.717) is 30.7 Å². The third-order valence-electron chi connectivity index (χ3n) is 9.08. The Bertz CT molecular complexity index is 1350. The summed E-state index contributed by atoms with van der Waals surface area (Å²) in [5, 5.41) is 5.85. The number of primary amides is 2. The van der Waals surface area contributed by atoms with Crippen LogP contribution in [0.2, 0.25) is 5.02 Å². The highest BCUT2D eigenvalue weighted by molar-refractivity contribution is 7.89. The summed E-state index contributed by atoms with van der Waals surface area (Å²) in [6, 6.07) is 13.7. The predicted molar refractivity (Wildman–Crippen MR) is 137 cm³/mol. The molecule has 0 radical (unpaired) electrons. The van der Waals surface area contributed by atoms with Crippen molar-refractivity contribution in [1.82, 2.24) is 0 Å². The van der Waals surface area contributed by atoms with Gasteiger partial charge in [-0.3, -0.25) is 9.59 Å². The number of hydrogen-bond acceptors (Lipinski definition) is 4. The maximum absolute atomic E-state index is 13.5. The summed E-state index contributed by atoms with van der Waals surface area (Å²) in [6.07, 6.45) is 7.79. The van der Waals surface area contributed by atoms with E-state index in [0.717, 1.165) is 24.0 Å². The minimum atomic E-state index is -3.81. The number of hydrogen-bond donors (Lipinski definition) is 3. The fourth-order valence-electron chi connectivity index (χ4n) is 7.36. The molecular weight excluding hydrogens is 498 g/mol. The van der Waals surface area contributed by atoms with E-state index in [9.17, 15) is 18.0 Å². The number of carbonyl (C=O) groups is 2. The Morgan fingerprint density at radius 1 is 0.806 bits per heavy atom. The lowest BCUT2D eigenvalue weighted by Gasteiger charge is -2.48. The van der Waals surface area contributed by atoms with Crippen LogP contribution in [0.4, 0.5) is 0 Å². The summed E-state index contributed by atoms with van der Waals surface area (Å²) < 4.78 is 23.3. The van der Waals surface area contributed by atoms with Gasteiger partial charge < -0.3 is 11.5 Å². The fourth-order valence-corrected chi connectivity index (χ4v) is 8.00. The van der Waals surface area contributed by atoms with Crippen LogP contribution in [0, 0.1) is 28.1 Å². The number of aryl methyl sites for hydroxylation is 2. The standard InChI is InChI=1S/C27H30ClN3O4S/c28-19-5-1-17(2-6-19)11-13-26(23(29)32)21-9-10-22(25(21)15-16-25)27(26,24(30)33)14-12-18-3-7-20(8-4-18)36(31,34)35/h1-10,21-22H,11-16H2,(H2,29,32)(H2,30,33)(H2,31,34,35)/t21-,22+,26-,27-/m0/s1. The van der Waals surface area contributed by atoms with Gasteiger partial charge in [-0.2, -0.15) is 0 Å². The third-order valence-corrected chi connectivity index (χ3v) is 10.3. The first kappa shape index (κ1) is 25.0. The highest BCUT2D eigenvalue weighted by Crippen LogP contribution is 2.81. The van der Waals surface area contributed by atoms with E-state index in [1.54, 1.807) is 12.1 Å². The molecule has 2 bridgehead atoms. The van der Waals surface area contributed by atoms with Crippen LogP contribution in [0.5, 0.6) is 0 Å². The quantitative estimate of drug-likeness (QED) is 0.430. The van der Waals surface area contributed by atoms with E-state index >= 15 is 0 Å². The topological polar surface area (TPSA) is 146 Å². The van der Waals surface area contributed by atoms with Gasteiger partial charge in [0.05, 0.1) is 15.7 Å². The SMILES string of the molecule is NC(=O)[C@]1(CCc2ccc(S(N)(=O)=O)cc2)[C@@H]2C=C[C@@H](C23CC3)[C@@]1(CCc1ccc(Cl)cc1)C(N)=O. The van der Waals surface area contributed by atoms with Crippen molar-refractivity contribution in [3.63, 3.8) is 0 Å². The van der Waals surface area contributed by atoms with Gasteiger partial charge in [-0.25, -0.2) is 13.6 Å². The Morgan fingerprint density at radius 3 is 1.58 bits per heavy atom. The number of allylic oxidation sites excluding steroid dienone is 2.